The maximum atomic E-state index is 12.0. The lowest BCUT2D eigenvalue weighted by molar-refractivity contribution is -0.144. The molecule has 0 radical (unpaired) electrons. The molecule has 1 amide bonds. The van der Waals surface area contributed by atoms with Crippen molar-refractivity contribution in [3.8, 4) is 5.75 Å². The third-order valence-electron chi connectivity index (χ3n) is 4.90. The summed E-state index contributed by atoms with van der Waals surface area (Å²) in [4.78, 5) is 23.8. The largest absolute Gasteiger partial charge is 0.497 e. The predicted octanol–water partition coefficient (Wildman–Crippen LogP) is 3.19. The molecule has 1 fully saturated rings. The molecule has 1 saturated carbocycles. The van der Waals surface area contributed by atoms with E-state index in [0.717, 1.165) is 18.4 Å². The SMILES string of the molecule is COc1cccc(/C=C/C(=O)OCC(=O)N[C@@H]2CCC[C@H](C)[C@@H]2C)c1. The summed E-state index contributed by atoms with van der Waals surface area (Å²) in [5.74, 6) is 0.983. The molecule has 2 rings (SSSR count). The molecule has 0 bridgehead atoms. The summed E-state index contributed by atoms with van der Waals surface area (Å²) in [5, 5.41) is 2.99. The molecule has 0 heterocycles. The molecule has 5 heteroatoms. The molecule has 25 heavy (non-hydrogen) atoms. The van der Waals surface area contributed by atoms with E-state index >= 15 is 0 Å². The smallest absolute Gasteiger partial charge is 0.331 e. The number of hydrogen-bond acceptors (Lipinski definition) is 4. The number of carbonyl (C=O) groups excluding carboxylic acids is 2. The maximum absolute atomic E-state index is 12.0. The summed E-state index contributed by atoms with van der Waals surface area (Å²) in [5.41, 5.74) is 0.825. The van der Waals surface area contributed by atoms with E-state index in [2.05, 4.69) is 19.2 Å². The molecule has 1 aromatic carbocycles. The highest BCUT2D eigenvalue weighted by atomic mass is 16.5. The van der Waals surface area contributed by atoms with Crippen molar-refractivity contribution in [1.29, 1.82) is 0 Å². The van der Waals surface area contributed by atoms with Crippen molar-refractivity contribution < 1.29 is 19.1 Å². The van der Waals surface area contributed by atoms with Crippen LogP contribution in [0.1, 0.15) is 38.7 Å². The van der Waals surface area contributed by atoms with Crippen LogP contribution in [0.3, 0.4) is 0 Å². The summed E-state index contributed by atoms with van der Waals surface area (Å²) < 4.78 is 10.1. The molecule has 0 aromatic heterocycles. The van der Waals surface area contributed by atoms with Crippen LogP contribution in [0.15, 0.2) is 30.3 Å². The van der Waals surface area contributed by atoms with E-state index in [0.29, 0.717) is 17.6 Å². The normalized spacial score (nSPS) is 23.2. The van der Waals surface area contributed by atoms with Crippen molar-refractivity contribution in [1.82, 2.24) is 5.32 Å². The van der Waals surface area contributed by atoms with Crippen LogP contribution in [0, 0.1) is 11.8 Å². The Kier molecular flexibility index (Phi) is 7.04. The monoisotopic (exact) mass is 345 g/mol. The van der Waals surface area contributed by atoms with E-state index in [1.165, 1.54) is 12.5 Å². The van der Waals surface area contributed by atoms with Crippen LogP contribution in [0.25, 0.3) is 6.08 Å². The van der Waals surface area contributed by atoms with Gasteiger partial charge in [0.1, 0.15) is 5.75 Å². The molecular weight excluding hydrogens is 318 g/mol. The van der Waals surface area contributed by atoms with Gasteiger partial charge in [0, 0.05) is 12.1 Å². The van der Waals surface area contributed by atoms with Crippen LogP contribution in [-0.4, -0.2) is 31.6 Å². The second-order valence-corrected chi connectivity index (χ2v) is 6.66. The average Bonchev–Trinajstić information content (AvgIpc) is 2.62. The summed E-state index contributed by atoms with van der Waals surface area (Å²) in [6.07, 6.45) is 6.26. The van der Waals surface area contributed by atoms with Crippen LogP contribution in [-0.2, 0) is 14.3 Å². The Bertz CT molecular complexity index is 626. The van der Waals surface area contributed by atoms with Crippen LogP contribution < -0.4 is 10.1 Å². The Morgan fingerprint density at radius 3 is 2.84 bits per heavy atom. The lowest BCUT2D eigenvalue weighted by Gasteiger charge is -2.34. The number of nitrogens with one attached hydrogen (secondary N) is 1. The van der Waals surface area contributed by atoms with Gasteiger partial charge in [0.2, 0.25) is 0 Å². The van der Waals surface area contributed by atoms with Crippen molar-refractivity contribution in [2.24, 2.45) is 11.8 Å². The van der Waals surface area contributed by atoms with Gasteiger partial charge in [-0.05, 0) is 42.0 Å². The minimum Gasteiger partial charge on any atom is -0.497 e. The van der Waals surface area contributed by atoms with Gasteiger partial charge in [0.15, 0.2) is 6.61 Å². The van der Waals surface area contributed by atoms with Crippen LogP contribution >= 0.6 is 0 Å². The molecular formula is C20H27NO4. The number of benzene rings is 1. The third kappa shape index (κ3) is 5.93. The van der Waals surface area contributed by atoms with Gasteiger partial charge in [0.25, 0.3) is 5.91 Å². The van der Waals surface area contributed by atoms with E-state index in [1.807, 2.05) is 24.3 Å². The highest BCUT2D eigenvalue weighted by Crippen LogP contribution is 2.29. The Morgan fingerprint density at radius 1 is 1.28 bits per heavy atom. The summed E-state index contributed by atoms with van der Waals surface area (Å²) in [7, 11) is 1.59. The molecule has 1 aliphatic rings. The first-order valence-electron chi connectivity index (χ1n) is 8.78. The van der Waals surface area contributed by atoms with Crippen molar-refractivity contribution in [2.75, 3.05) is 13.7 Å². The fourth-order valence-electron chi connectivity index (χ4n) is 3.13. The van der Waals surface area contributed by atoms with Gasteiger partial charge in [0.05, 0.1) is 7.11 Å². The average molecular weight is 345 g/mol. The van der Waals surface area contributed by atoms with Gasteiger partial charge >= 0.3 is 5.97 Å². The van der Waals surface area contributed by atoms with Crippen molar-refractivity contribution in [3.63, 3.8) is 0 Å². The van der Waals surface area contributed by atoms with Crippen LogP contribution in [0.5, 0.6) is 5.75 Å². The molecule has 1 N–H and O–H groups in total. The highest BCUT2D eigenvalue weighted by Gasteiger charge is 2.28. The van der Waals surface area contributed by atoms with E-state index < -0.39 is 5.97 Å². The maximum Gasteiger partial charge on any atom is 0.331 e. The van der Waals surface area contributed by atoms with Gasteiger partial charge in [-0.1, -0.05) is 38.8 Å². The van der Waals surface area contributed by atoms with E-state index in [-0.39, 0.29) is 18.6 Å². The second kappa shape index (κ2) is 9.25. The Balaban J connectivity index is 1.77. The number of methoxy groups -OCH3 is 1. The molecule has 0 unspecified atom stereocenters. The van der Waals surface area contributed by atoms with Gasteiger partial charge < -0.3 is 14.8 Å². The molecule has 3 atom stereocenters. The van der Waals surface area contributed by atoms with Gasteiger partial charge in [-0.15, -0.1) is 0 Å². The third-order valence-corrected chi connectivity index (χ3v) is 4.90. The molecule has 1 aliphatic carbocycles. The first kappa shape index (κ1) is 19.0. The minimum atomic E-state index is -0.539. The van der Waals surface area contributed by atoms with Crippen molar-refractivity contribution in [2.45, 2.75) is 39.2 Å². The Hall–Kier alpha value is -2.30. The number of rotatable bonds is 6. The second-order valence-electron chi connectivity index (χ2n) is 6.66. The Labute approximate surface area is 149 Å². The molecule has 1 aromatic rings. The van der Waals surface area contributed by atoms with Gasteiger partial charge in [-0.2, -0.15) is 0 Å². The van der Waals surface area contributed by atoms with Gasteiger partial charge in [-0.3, -0.25) is 4.79 Å². The number of carbonyl (C=O) groups is 2. The summed E-state index contributed by atoms with van der Waals surface area (Å²) in [6, 6.07) is 7.49. The topological polar surface area (TPSA) is 64.6 Å². The molecule has 5 nitrogen and oxygen atoms in total. The molecule has 0 aliphatic heterocycles. The van der Waals surface area contributed by atoms with Crippen LogP contribution in [0.4, 0.5) is 0 Å². The zero-order chi connectivity index (χ0) is 18.2. The van der Waals surface area contributed by atoms with E-state index in [1.54, 1.807) is 13.2 Å². The van der Waals surface area contributed by atoms with Gasteiger partial charge in [-0.25, -0.2) is 4.79 Å². The van der Waals surface area contributed by atoms with Crippen LogP contribution in [0.2, 0.25) is 0 Å². The standard InChI is InChI=1S/C20H27NO4/c1-14-6-4-9-18(15(14)2)21-19(22)13-25-20(23)11-10-16-7-5-8-17(12-16)24-3/h5,7-8,10-12,14-15,18H,4,6,9,13H2,1-3H3,(H,21,22)/b11-10+/t14-,15-,18+/m0/s1. The van der Waals surface area contributed by atoms with Crippen molar-refractivity contribution in [3.05, 3.63) is 35.9 Å². The number of esters is 1. The quantitative estimate of drug-likeness (QED) is 0.635. The fourth-order valence-corrected chi connectivity index (χ4v) is 3.13. The zero-order valence-corrected chi connectivity index (χ0v) is 15.2. The first-order chi connectivity index (χ1) is 12.0. The molecule has 0 spiro atoms. The minimum absolute atomic E-state index is 0.169. The fraction of sp³-hybridized carbons (Fsp3) is 0.500. The first-order valence-corrected chi connectivity index (χ1v) is 8.78. The zero-order valence-electron chi connectivity index (χ0n) is 15.2. The Morgan fingerprint density at radius 2 is 2.08 bits per heavy atom. The highest BCUT2D eigenvalue weighted by molar-refractivity contribution is 5.89. The summed E-state index contributed by atoms with van der Waals surface area (Å²) >= 11 is 0. The lowest BCUT2D eigenvalue weighted by atomic mass is 9.78. The van der Waals surface area contributed by atoms with Crippen molar-refractivity contribution >= 4 is 18.0 Å². The van der Waals surface area contributed by atoms with E-state index in [9.17, 15) is 9.59 Å². The summed E-state index contributed by atoms with van der Waals surface area (Å²) in [6.45, 7) is 4.13. The van der Waals surface area contributed by atoms with E-state index in [4.69, 9.17) is 9.47 Å². The lowest BCUT2D eigenvalue weighted by Crippen LogP contribution is -2.45. The predicted molar refractivity (Wildman–Crippen MR) is 97.1 cm³/mol. The number of amides is 1. The molecule has 0 saturated heterocycles. The molecule has 136 valence electrons. The number of hydrogen-bond donors (Lipinski definition) is 1. The number of ether oxygens (including phenoxy) is 2.